The van der Waals surface area contributed by atoms with Crippen LogP contribution in [0.5, 0.6) is 5.75 Å². The van der Waals surface area contributed by atoms with Crippen LogP contribution in [0.25, 0.3) is 0 Å². The van der Waals surface area contributed by atoms with Gasteiger partial charge in [0.15, 0.2) is 0 Å². The lowest BCUT2D eigenvalue weighted by molar-refractivity contribution is 0.305. The molecule has 0 bridgehead atoms. The second-order valence-corrected chi connectivity index (χ2v) is 3.48. The number of aromatic nitrogens is 1. The Bertz CT molecular complexity index is 468. The third-order valence-corrected chi connectivity index (χ3v) is 2.22. The largest absolute Gasteiger partial charge is 0.489 e. The van der Waals surface area contributed by atoms with E-state index in [0.717, 1.165) is 11.3 Å². The Balaban J connectivity index is 1.96. The maximum Gasteiger partial charge on any atom is 0.126 e. The zero-order valence-electron chi connectivity index (χ0n) is 8.74. The summed E-state index contributed by atoms with van der Waals surface area (Å²) in [5, 5.41) is 0. The smallest absolute Gasteiger partial charge is 0.126 e. The standard InChI is InChI=1S/C12H13FN2O/c13-10-2-1-3-12(5-10)16-8-9-4-11(6-14)15-7-9/h1-5,7,15H,6,8,14H2. The zero-order valence-corrected chi connectivity index (χ0v) is 8.74. The van der Waals surface area contributed by atoms with E-state index in [-0.39, 0.29) is 5.82 Å². The summed E-state index contributed by atoms with van der Waals surface area (Å²) in [7, 11) is 0. The van der Waals surface area contributed by atoms with Crippen LogP contribution in [0.4, 0.5) is 4.39 Å². The van der Waals surface area contributed by atoms with E-state index in [1.165, 1.54) is 12.1 Å². The monoisotopic (exact) mass is 220 g/mol. The fourth-order valence-corrected chi connectivity index (χ4v) is 1.42. The molecule has 2 aromatic rings. The van der Waals surface area contributed by atoms with Crippen LogP contribution in [-0.4, -0.2) is 4.98 Å². The van der Waals surface area contributed by atoms with Gasteiger partial charge in [0, 0.05) is 30.1 Å². The molecule has 1 heterocycles. The van der Waals surface area contributed by atoms with E-state index < -0.39 is 0 Å². The number of benzene rings is 1. The Kier molecular flexibility index (Phi) is 3.22. The molecule has 4 heteroatoms. The van der Waals surface area contributed by atoms with Gasteiger partial charge in [0.2, 0.25) is 0 Å². The molecule has 0 aliphatic heterocycles. The number of ether oxygens (including phenoxy) is 1. The van der Waals surface area contributed by atoms with Gasteiger partial charge >= 0.3 is 0 Å². The maximum absolute atomic E-state index is 12.8. The molecule has 0 radical (unpaired) electrons. The Morgan fingerprint density at radius 1 is 1.31 bits per heavy atom. The van der Waals surface area contributed by atoms with Crippen LogP contribution < -0.4 is 10.5 Å². The minimum absolute atomic E-state index is 0.297. The van der Waals surface area contributed by atoms with Crippen molar-refractivity contribution in [2.24, 2.45) is 5.73 Å². The predicted octanol–water partition coefficient (Wildman–Crippen LogP) is 2.19. The third kappa shape index (κ3) is 2.61. The normalized spacial score (nSPS) is 10.4. The van der Waals surface area contributed by atoms with Crippen LogP contribution in [0.15, 0.2) is 36.5 Å². The van der Waals surface area contributed by atoms with Crippen molar-refractivity contribution in [3.63, 3.8) is 0 Å². The highest BCUT2D eigenvalue weighted by atomic mass is 19.1. The van der Waals surface area contributed by atoms with E-state index >= 15 is 0 Å². The van der Waals surface area contributed by atoms with Crippen LogP contribution in [0.1, 0.15) is 11.3 Å². The summed E-state index contributed by atoms with van der Waals surface area (Å²) in [4.78, 5) is 3.02. The van der Waals surface area contributed by atoms with Gasteiger partial charge < -0.3 is 15.5 Å². The molecule has 1 aromatic carbocycles. The van der Waals surface area contributed by atoms with E-state index in [4.69, 9.17) is 10.5 Å². The zero-order chi connectivity index (χ0) is 11.4. The fourth-order valence-electron chi connectivity index (χ4n) is 1.42. The number of hydrogen-bond acceptors (Lipinski definition) is 2. The summed E-state index contributed by atoms with van der Waals surface area (Å²) in [6.45, 7) is 0.875. The number of nitrogens with two attached hydrogens (primary N) is 1. The van der Waals surface area contributed by atoms with Gasteiger partial charge in [0.1, 0.15) is 18.2 Å². The molecule has 0 spiro atoms. The molecule has 0 saturated carbocycles. The lowest BCUT2D eigenvalue weighted by atomic mass is 10.3. The minimum Gasteiger partial charge on any atom is -0.489 e. The highest BCUT2D eigenvalue weighted by Crippen LogP contribution is 2.14. The molecular weight excluding hydrogens is 207 g/mol. The molecule has 2 rings (SSSR count). The number of halogens is 1. The first-order valence-electron chi connectivity index (χ1n) is 5.02. The van der Waals surface area contributed by atoms with Crippen LogP contribution in [0, 0.1) is 5.82 Å². The Hall–Kier alpha value is -1.81. The van der Waals surface area contributed by atoms with Gasteiger partial charge in [-0.05, 0) is 18.2 Å². The summed E-state index contributed by atoms with van der Waals surface area (Å²) >= 11 is 0. The average molecular weight is 220 g/mol. The Labute approximate surface area is 93.0 Å². The van der Waals surface area contributed by atoms with Gasteiger partial charge in [0.25, 0.3) is 0 Å². The summed E-state index contributed by atoms with van der Waals surface area (Å²) in [5.41, 5.74) is 7.42. The van der Waals surface area contributed by atoms with Gasteiger partial charge in [0.05, 0.1) is 0 Å². The molecule has 84 valence electrons. The van der Waals surface area contributed by atoms with Crippen molar-refractivity contribution < 1.29 is 9.13 Å². The quantitative estimate of drug-likeness (QED) is 0.829. The third-order valence-electron chi connectivity index (χ3n) is 2.22. The lowest BCUT2D eigenvalue weighted by Gasteiger charge is -2.03. The highest BCUT2D eigenvalue weighted by molar-refractivity contribution is 5.23. The van der Waals surface area contributed by atoms with E-state index in [9.17, 15) is 4.39 Å². The summed E-state index contributed by atoms with van der Waals surface area (Å²) in [5.74, 6) is 0.227. The molecule has 0 atom stereocenters. The summed E-state index contributed by atoms with van der Waals surface area (Å²) < 4.78 is 18.3. The molecule has 0 fully saturated rings. The van der Waals surface area contributed by atoms with Crippen LogP contribution >= 0.6 is 0 Å². The van der Waals surface area contributed by atoms with Crippen molar-refractivity contribution in [2.45, 2.75) is 13.2 Å². The Morgan fingerprint density at radius 3 is 2.88 bits per heavy atom. The van der Waals surface area contributed by atoms with Gasteiger partial charge in [-0.15, -0.1) is 0 Å². The van der Waals surface area contributed by atoms with Gasteiger partial charge in [-0.25, -0.2) is 4.39 Å². The number of rotatable bonds is 4. The second-order valence-electron chi connectivity index (χ2n) is 3.48. The summed E-state index contributed by atoms with van der Waals surface area (Å²) in [6, 6.07) is 8.01. The lowest BCUT2D eigenvalue weighted by Crippen LogP contribution is -1.96. The van der Waals surface area contributed by atoms with Crippen molar-refractivity contribution in [3.05, 3.63) is 53.6 Å². The van der Waals surface area contributed by atoms with Gasteiger partial charge in [-0.3, -0.25) is 0 Å². The Morgan fingerprint density at radius 2 is 2.19 bits per heavy atom. The van der Waals surface area contributed by atoms with Crippen molar-refractivity contribution >= 4 is 0 Å². The molecule has 3 N–H and O–H groups in total. The molecule has 3 nitrogen and oxygen atoms in total. The predicted molar refractivity (Wildman–Crippen MR) is 59.4 cm³/mol. The first-order valence-corrected chi connectivity index (χ1v) is 5.02. The van der Waals surface area contributed by atoms with Crippen molar-refractivity contribution in [1.29, 1.82) is 0 Å². The first-order chi connectivity index (χ1) is 7.78. The molecule has 0 saturated heterocycles. The number of aromatic amines is 1. The van der Waals surface area contributed by atoms with Crippen molar-refractivity contribution in [2.75, 3.05) is 0 Å². The van der Waals surface area contributed by atoms with Crippen molar-refractivity contribution in [1.82, 2.24) is 4.98 Å². The van der Waals surface area contributed by atoms with Gasteiger partial charge in [-0.1, -0.05) is 6.07 Å². The SMILES string of the molecule is NCc1cc(COc2cccc(F)c2)c[nH]1. The molecule has 0 unspecified atom stereocenters. The maximum atomic E-state index is 12.8. The van der Waals surface area contributed by atoms with E-state index in [1.54, 1.807) is 12.1 Å². The van der Waals surface area contributed by atoms with Crippen LogP contribution in [0.3, 0.4) is 0 Å². The second kappa shape index (κ2) is 4.81. The highest BCUT2D eigenvalue weighted by Gasteiger charge is 2.00. The van der Waals surface area contributed by atoms with E-state index in [0.29, 0.717) is 18.9 Å². The van der Waals surface area contributed by atoms with E-state index in [1.807, 2.05) is 12.3 Å². The molecule has 1 aromatic heterocycles. The van der Waals surface area contributed by atoms with Crippen LogP contribution in [-0.2, 0) is 13.2 Å². The van der Waals surface area contributed by atoms with Crippen molar-refractivity contribution in [3.8, 4) is 5.75 Å². The molecular formula is C12H13FN2O. The topological polar surface area (TPSA) is 51.0 Å². The number of hydrogen-bond donors (Lipinski definition) is 2. The molecule has 0 amide bonds. The number of nitrogens with one attached hydrogen (secondary N) is 1. The first kappa shape index (κ1) is 10.7. The minimum atomic E-state index is -0.297. The summed E-state index contributed by atoms with van der Waals surface area (Å²) in [6.07, 6.45) is 1.83. The molecule has 16 heavy (non-hydrogen) atoms. The van der Waals surface area contributed by atoms with E-state index in [2.05, 4.69) is 4.98 Å². The molecule has 0 aliphatic rings. The molecule has 0 aliphatic carbocycles. The number of H-pyrrole nitrogens is 1. The van der Waals surface area contributed by atoms with Crippen LogP contribution in [0.2, 0.25) is 0 Å². The fraction of sp³-hybridized carbons (Fsp3) is 0.167. The van der Waals surface area contributed by atoms with Gasteiger partial charge in [-0.2, -0.15) is 0 Å². The average Bonchev–Trinajstić information content (AvgIpc) is 2.74.